The van der Waals surface area contributed by atoms with E-state index in [0.29, 0.717) is 0 Å². The molecule has 0 fully saturated rings. The lowest BCUT2D eigenvalue weighted by atomic mass is 10.00. The first-order chi connectivity index (χ1) is 72.9. The second-order valence-electron chi connectivity index (χ2n) is 38.9. The molecule has 0 saturated heterocycles. The first-order valence-electron chi connectivity index (χ1n) is 50.3. The zero-order chi connectivity index (χ0) is 96.2. The van der Waals surface area contributed by atoms with Crippen molar-refractivity contribution in [2.75, 3.05) is 0 Å². The average molecular weight is 1870 g/mol. The summed E-state index contributed by atoms with van der Waals surface area (Å²) in [5.41, 5.74) is 33.7. The van der Waals surface area contributed by atoms with E-state index < -0.39 is 0 Å². The van der Waals surface area contributed by atoms with E-state index in [9.17, 15) is 0 Å². The topological polar surface area (TPSA) is 69.0 Å². The van der Waals surface area contributed by atoms with Crippen LogP contribution in [-0.2, 0) is 0 Å². The standard InChI is InChI=1S/3C46H28N2O/c1-2-12-33(13-3-1)47-41-16-8-6-14-35(41)39-27-31(19-24-42(39)47)32-20-25-43-40(28-32)37-22-23-38-36-15-7-9-17-44(36)49-46(38)45(37)48(43)34-21-18-29-10-4-5-11-30(29)26-34;1-2-12-33(13-3-1)47-40-16-8-6-14-35(40)38-27-31(19-23-41(38)47)32-20-24-42-39(28-32)36-22-25-44-45(37-15-7-9-17-43(37)49-44)46(36)48(42)34-21-18-29-10-4-5-11-30(29)26-34;1-2-12-33(13-3-1)47-40-16-8-6-14-35(40)38-27-31(19-23-41(38)47)32-20-24-42-39(28-32)45-43(25-22-37-36-15-7-9-17-44(36)49-46(37)45)48(42)34-21-18-29-10-4-5-11-30(29)26-34/h3*1-28H. The van der Waals surface area contributed by atoms with Crippen molar-refractivity contribution in [3.63, 3.8) is 0 Å². The molecule has 684 valence electrons. The Bertz CT molecular complexity index is 11300. The maximum absolute atomic E-state index is 6.67. The van der Waals surface area contributed by atoms with Crippen molar-refractivity contribution in [3.05, 3.63) is 510 Å². The van der Waals surface area contributed by atoms with E-state index in [-0.39, 0.29) is 0 Å². The monoisotopic (exact) mass is 1870 g/mol. The van der Waals surface area contributed by atoms with Gasteiger partial charge < -0.3 is 40.7 Å². The van der Waals surface area contributed by atoms with Crippen LogP contribution in [0.2, 0.25) is 0 Å². The third-order valence-electron chi connectivity index (χ3n) is 30.8. The Morgan fingerprint density at radius 3 is 0.837 bits per heavy atom. The molecular weight excluding hydrogens is 1790 g/mol. The summed E-state index contributed by atoms with van der Waals surface area (Å²) in [7, 11) is 0. The predicted octanol–water partition coefficient (Wildman–Crippen LogP) is 37.8. The lowest BCUT2D eigenvalue weighted by molar-refractivity contribution is 0.669. The summed E-state index contributed by atoms with van der Waals surface area (Å²) in [5, 5.41) is 28.8. The third-order valence-corrected chi connectivity index (χ3v) is 30.8. The molecule has 0 unspecified atom stereocenters. The van der Waals surface area contributed by atoms with Gasteiger partial charge in [0.2, 0.25) is 0 Å². The van der Waals surface area contributed by atoms with Gasteiger partial charge >= 0.3 is 0 Å². The summed E-state index contributed by atoms with van der Waals surface area (Å²) in [6.07, 6.45) is 0. The Balaban J connectivity index is 0.0000000999. The maximum Gasteiger partial charge on any atom is 0.160 e. The van der Waals surface area contributed by atoms with E-state index in [1.54, 1.807) is 0 Å². The van der Waals surface area contributed by atoms with Crippen molar-refractivity contribution in [2.24, 2.45) is 0 Å². The van der Waals surface area contributed by atoms with Gasteiger partial charge in [-0.15, -0.1) is 0 Å². The molecule has 0 amide bonds. The molecule has 0 aliphatic carbocycles. The van der Waals surface area contributed by atoms with Crippen molar-refractivity contribution in [3.8, 4) is 67.5 Å². The lowest BCUT2D eigenvalue weighted by Gasteiger charge is -2.11. The quantitative estimate of drug-likeness (QED) is 0.145. The zero-order valence-electron chi connectivity index (χ0n) is 79.4. The second-order valence-corrected chi connectivity index (χ2v) is 38.9. The molecule has 9 heteroatoms. The van der Waals surface area contributed by atoms with E-state index in [1.165, 1.54) is 186 Å². The van der Waals surface area contributed by atoms with Gasteiger partial charge in [-0.2, -0.15) is 0 Å². The predicted molar refractivity (Wildman–Crippen MR) is 616 cm³/mol. The van der Waals surface area contributed by atoms with Gasteiger partial charge in [0.15, 0.2) is 5.58 Å². The Kier molecular flexibility index (Phi) is 18.1. The van der Waals surface area contributed by atoms with Crippen LogP contribution >= 0.6 is 0 Å². The fraction of sp³-hybridized carbons (Fsp3) is 0. The summed E-state index contributed by atoms with van der Waals surface area (Å²) in [4.78, 5) is 0. The highest BCUT2D eigenvalue weighted by atomic mass is 16.3. The molecule has 9 aromatic heterocycles. The number of nitrogens with zero attached hydrogens (tertiary/aromatic N) is 6. The van der Waals surface area contributed by atoms with Crippen LogP contribution in [0.5, 0.6) is 0 Å². The fourth-order valence-corrected chi connectivity index (χ4v) is 24.2. The summed E-state index contributed by atoms with van der Waals surface area (Å²) in [5.74, 6) is 0. The summed E-state index contributed by atoms with van der Waals surface area (Å²) in [6, 6.07) is 184. The van der Waals surface area contributed by atoms with Gasteiger partial charge in [0.1, 0.15) is 27.9 Å². The molecule has 9 heterocycles. The number of hydrogen-bond acceptors (Lipinski definition) is 3. The minimum atomic E-state index is 0.902. The van der Waals surface area contributed by atoms with Crippen LogP contribution in [0.4, 0.5) is 0 Å². The molecule has 0 radical (unpaired) electrons. The van der Waals surface area contributed by atoms with Crippen LogP contribution in [0.1, 0.15) is 0 Å². The van der Waals surface area contributed by atoms with Gasteiger partial charge in [-0.05, 0) is 278 Å². The molecule has 0 aliphatic rings. The molecule has 0 N–H and O–H groups in total. The van der Waals surface area contributed by atoms with Gasteiger partial charge in [0.25, 0.3) is 0 Å². The number of hydrogen-bond donors (Lipinski definition) is 0. The third kappa shape index (κ3) is 12.7. The highest BCUT2D eigenvalue weighted by Gasteiger charge is 2.27. The Morgan fingerprint density at radius 2 is 0.401 bits per heavy atom. The van der Waals surface area contributed by atoms with Crippen LogP contribution in [0.15, 0.2) is 523 Å². The highest BCUT2D eigenvalue weighted by Crippen LogP contribution is 2.50. The van der Waals surface area contributed by atoms with E-state index in [4.69, 9.17) is 13.3 Å². The summed E-state index contributed by atoms with van der Waals surface area (Å²) in [6.45, 7) is 0. The number of para-hydroxylation sites is 9. The van der Waals surface area contributed by atoms with Crippen LogP contribution in [0.3, 0.4) is 0 Å². The van der Waals surface area contributed by atoms with Crippen LogP contribution in [0.25, 0.3) is 296 Å². The van der Waals surface area contributed by atoms with Crippen LogP contribution in [0, 0.1) is 0 Å². The highest BCUT2D eigenvalue weighted by molar-refractivity contribution is 6.28. The lowest BCUT2D eigenvalue weighted by Crippen LogP contribution is -1.94. The van der Waals surface area contributed by atoms with E-state index in [0.717, 1.165) is 110 Å². The molecular formula is C138H84N6O3. The Morgan fingerprint density at radius 1 is 0.122 bits per heavy atom. The van der Waals surface area contributed by atoms with E-state index in [2.05, 4.69) is 519 Å². The molecule has 24 aromatic carbocycles. The first kappa shape index (κ1) is 82.0. The molecule has 0 bridgehead atoms. The minimum absolute atomic E-state index is 0.902. The van der Waals surface area contributed by atoms with Gasteiger partial charge in [-0.3, -0.25) is 0 Å². The Labute approximate surface area is 840 Å². The molecule has 0 atom stereocenters. The SMILES string of the molecule is c1ccc(-n2c3ccccc3c3cc(-c4ccc5c(c4)c4c6oc7ccccc7c6ccc4n5-c4ccc5ccccc5c4)ccc32)cc1.c1ccc(-n2c3ccccc3c3cc(-c4ccc5c(c4)c4ccc6c7ccccc7oc6c4n5-c4ccc5ccccc5c4)ccc32)cc1.c1ccc(-n2c3ccccc3c3cc(-c4ccc5c(c4)c4ccc6oc7ccccc7c6c4n5-c4ccc5ccccc5c4)ccc32)cc1. The minimum Gasteiger partial charge on any atom is -0.456 e. The smallest absolute Gasteiger partial charge is 0.160 e. The van der Waals surface area contributed by atoms with Crippen molar-refractivity contribution >= 4 is 229 Å². The normalized spacial score (nSPS) is 12.1. The van der Waals surface area contributed by atoms with Gasteiger partial charge in [-0.1, -0.05) is 297 Å². The average Bonchev–Trinajstić information content (AvgIpc) is 1.56. The van der Waals surface area contributed by atoms with Gasteiger partial charge in [0.05, 0.1) is 77.0 Å². The number of benzene rings is 24. The van der Waals surface area contributed by atoms with Crippen LogP contribution < -0.4 is 0 Å². The summed E-state index contributed by atoms with van der Waals surface area (Å²) < 4.78 is 34.1. The second kappa shape index (κ2) is 32.4. The largest absolute Gasteiger partial charge is 0.456 e. The zero-order valence-corrected chi connectivity index (χ0v) is 79.4. The van der Waals surface area contributed by atoms with Crippen molar-refractivity contribution in [2.45, 2.75) is 0 Å². The number of aromatic nitrogens is 6. The van der Waals surface area contributed by atoms with Gasteiger partial charge in [-0.25, -0.2) is 0 Å². The maximum atomic E-state index is 6.67. The van der Waals surface area contributed by atoms with E-state index in [1.807, 2.05) is 18.2 Å². The van der Waals surface area contributed by atoms with Crippen molar-refractivity contribution in [1.29, 1.82) is 0 Å². The van der Waals surface area contributed by atoms with E-state index >= 15 is 0 Å². The molecule has 147 heavy (non-hydrogen) atoms. The molecule has 0 aliphatic heterocycles. The molecule has 33 aromatic rings. The molecule has 0 spiro atoms. The first-order valence-corrected chi connectivity index (χ1v) is 50.3. The Hall–Kier alpha value is -19.7. The fourth-order valence-electron chi connectivity index (χ4n) is 24.2. The molecule has 0 saturated carbocycles. The number of fused-ring (bicyclic) bond motifs is 33. The summed E-state index contributed by atoms with van der Waals surface area (Å²) >= 11 is 0. The van der Waals surface area contributed by atoms with Crippen LogP contribution in [-0.4, -0.2) is 27.4 Å². The molecule has 33 rings (SSSR count). The van der Waals surface area contributed by atoms with Crippen molar-refractivity contribution in [1.82, 2.24) is 27.4 Å². The molecule has 9 nitrogen and oxygen atoms in total. The number of furan rings is 3. The van der Waals surface area contributed by atoms with Gasteiger partial charge in [0, 0.05) is 120 Å². The van der Waals surface area contributed by atoms with Crippen molar-refractivity contribution < 1.29 is 13.3 Å². The number of rotatable bonds is 9.